The summed E-state index contributed by atoms with van der Waals surface area (Å²) in [6.07, 6.45) is -3.94. The highest BCUT2D eigenvalue weighted by atomic mass is 19.4. The molecule has 0 radical (unpaired) electrons. The van der Waals surface area contributed by atoms with E-state index < -0.39 is 47.6 Å². The van der Waals surface area contributed by atoms with Crippen LogP contribution in [0.25, 0.3) is 0 Å². The number of amides is 3. The molecular formula is C29H40F3N5O3. The molecule has 0 saturated carbocycles. The van der Waals surface area contributed by atoms with Crippen molar-refractivity contribution < 1.29 is 27.6 Å². The van der Waals surface area contributed by atoms with E-state index in [1.54, 1.807) is 0 Å². The van der Waals surface area contributed by atoms with Gasteiger partial charge in [-0.25, -0.2) is 0 Å². The van der Waals surface area contributed by atoms with Crippen LogP contribution in [0.2, 0.25) is 0 Å². The highest BCUT2D eigenvalue weighted by Crippen LogP contribution is 2.32. The van der Waals surface area contributed by atoms with E-state index in [4.69, 9.17) is 0 Å². The predicted molar refractivity (Wildman–Crippen MR) is 150 cm³/mol. The fraction of sp³-hybridized carbons (Fsp3) is 0.483. The van der Waals surface area contributed by atoms with Gasteiger partial charge in [0.2, 0.25) is 11.8 Å². The Morgan fingerprint density at radius 1 is 0.975 bits per heavy atom. The summed E-state index contributed by atoms with van der Waals surface area (Å²) in [5, 5.41) is 13.9. The zero-order valence-corrected chi connectivity index (χ0v) is 23.9. The zero-order chi connectivity index (χ0) is 30.1. The first-order valence-corrected chi connectivity index (χ1v) is 13.2. The molecule has 0 heterocycles. The van der Waals surface area contributed by atoms with Crippen LogP contribution in [-0.2, 0) is 22.3 Å². The molecule has 1 unspecified atom stereocenters. The molecule has 0 bridgehead atoms. The van der Waals surface area contributed by atoms with E-state index >= 15 is 0 Å². The highest BCUT2D eigenvalue weighted by Gasteiger charge is 2.32. The molecule has 1 atom stereocenters. The van der Waals surface area contributed by atoms with Crippen LogP contribution in [-0.4, -0.2) is 48.9 Å². The maximum Gasteiger partial charge on any atom is 0.416 e. The number of carbonyl (C=O) groups excluding carboxylic acids is 3. The van der Waals surface area contributed by atoms with Crippen LogP contribution < -0.4 is 26.6 Å². The van der Waals surface area contributed by atoms with Crippen LogP contribution in [0.1, 0.15) is 66.7 Å². The number of alkyl halides is 3. The van der Waals surface area contributed by atoms with Crippen molar-refractivity contribution in [2.45, 2.75) is 72.3 Å². The average Bonchev–Trinajstić information content (AvgIpc) is 2.84. The lowest BCUT2D eigenvalue weighted by atomic mass is 10.1. The maximum atomic E-state index is 13.3. The Kier molecular flexibility index (Phi) is 11.5. The predicted octanol–water partition coefficient (Wildman–Crippen LogP) is 4.06. The van der Waals surface area contributed by atoms with E-state index in [9.17, 15) is 27.6 Å². The second-order valence-electron chi connectivity index (χ2n) is 10.8. The summed E-state index contributed by atoms with van der Waals surface area (Å²) in [7, 11) is 0. The van der Waals surface area contributed by atoms with E-state index in [1.165, 1.54) is 6.07 Å². The van der Waals surface area contributed by atoms with Gasteiger partial charge in [-0.15, -0.1) is 0 Å². The second-order valence-corrected chi connectivity index (χ2v) is 10.8. The lowest BCUT2D eigenvalue weighted by molar-refractivity contribution is -0.137. The molecule has 0 spiro atoms. The van der Waals surface area contributed by atoms with Crippen LogP contribution in [0.3, 0.4) is 0 Å². The Bertz CT molecular complexity index is 1190. The monoisotopic (exact) mass is 563 g/mol. The third-order valence-electron chi connectivity index (χ3n) is 5.88. The fourth-order valence-corrected chi connectivity index (χ4v) is 3.88. The van der Waals surface area contributed by atoms with Gasteiger partial charge in [0, 0.05) is 30.9 Å². The Morgan fingerprint density at radius 2 is 1.68 bits per heavy atom. The minimum atomic E-state index is -4.63. The van der Waals surface area contributed by atoms with Crippen molar-refractivity contribution in [1.82, 2.24) is 21.3 Å². The first-order valence-electron chi connectivity index (χ1n) is 13.2. The molecule has 0 aromatic heterocycles. The topological polar surface area (TPSA) is 111 Å². The van der Waals surface area contributed by atoms with Gasteiger partial charge in [-0.2, -0.15) is 13.2 Å². The van der Waals surface area contributed by atoms with Gasteiger partial charge in [0.05, 0.1) is 17.7 Å². The van der Waals surface area contributed by atoms with E-state index in [0.717, 1.165) is 28.8 Å². The number of aryl methyl sites for hydroxylation is 2. The van der Waals surface area contributed by atoms with Crippen LogP contribution in [0.15, 0.2) is 36.4 Å². The minimum Gasteiger partial charge on any atom is -0.384 e. The highest BCUT2D eigenvalue weighted by molar-refractivity contribution is 6.01. The second kappa shape index (κ2) is 14.2. The molecule has 0 aliphatic heterocycles. The number of rotatable bonds is 12. The summed E-state index contributed by atoms with van der Waals surface area (Å²) < 4.78 is 39.8. The Hall–Kier alpha value is -3.60. The SMILES string of the molecule is CCCNc1ccc(C(F)(F)F)cc1C(=O)NCC(=O)NC(CNCc1ccc(C)cc1C)C(=O)NC(C)(C)C. The molecule has 2 rings (SSSR count). The third kappa shape index (κ3) is 10.5. The van der Waals surface area contributed by atoms with Gasteiger partial charge in [-0.1, -0.05) is 30.7 Å². The fourth-order valence-electron chi connectivity index (χ4n) is 3.88. The normalized spacial score (nSPS) is 12.4. The van der Waals surface area contributed by atoms with Crippen LogP contribution in [0.4, 0.5) is 18.9 Å². The summed E-state index contributed by atoms with van der Waals surface area (Å²) in [6, 6.07) is 7.93. The number of hydrogen-bond acceptors (Lipinski definition) is 5. The van der Waals surface area contributed by atoms with E-state index in [0.29, 0.717) is 19.5 Å². The number of benzene rings is 2. The molecule has 2 aromatic rings. The number of carbonyl (C=O) groups is 3. The van der Waals surface area contributed by atoms with E-state index in [-0.39, 0.29) is 17.8 Å². The van der Waals surface area contributed by atoms with Crippen molar-refractivity contribution in [3.8, 4) is 0 Å². The molecule has 40 heavy (non-hydrogen) atoms. The van der Waals surface area contributed by atoms with Gasteiger partial charge < -0.3 is 26.6 Å². The zero-order valence-electron chi connectivity index (χ0n) is 23.9. The largest absolute Gasteiger partial charge is 0.416 e. The van der Waals surface area contributed by atoms with Gasteiger partial charge in [0.15, 0.2) is 0 Å². The summed E-state index contributed by atoms with van der Waals surface area (Å²) in [6.45, 7) is 11.8. The quantitative estimate of drug-likeness (QED) is 0.268. The van der Waals surface area contributed by atoms with E-state index in [2.05, 4.69) is 32.7 Å². The number of halogens is 3. The number of hydrogen-bond donors (Lipinski definition) is 5. The molecule has 220 valence electrons. The lowest BCUT2D eigenvalue weighted by Gasteiger charge is -2.26. The van der Waals surface area contributed by atoms with E-state index in [1.807, 2.05) is 53.7 Å². The maximum absolute atomic E-state index is 13.3. The molecule has 0 aliphatic rings. The van der Waals surface area contributed by atoms with Crippen molar-refractivity contribution in [2.75, 3.05) is 25.0 Å². The van der Waals surface area contributed by atoms with Crippen molar-refractivity contribution in [3.05, 3.63) is 64.2 Å². The molecule has 11 heteroatoms. The molecule has 0 fully saturated rings. The first kappa shape index (κ1) is 32.6. The van der Waals surface area contributed by atoms with Crippen molar-refractivity contribution in [2.24, 2.45) is 0 Å². The van der Waals surface area contributed by atoms with Gasteiger partial charge in [-0.05, 0) is 70.4 Å². The minimum absolute atomic E-state index is 0.119. The molecule has 0 aliphatic carbocycles. The molecular weight excluding hydrogens is 523 g/mol. The Morgan fingerprint density at radius 3 is 2.27 bits per heavy atom. The van der Waals surface area contributed by atoms with Crippen molar-refractivity contribution >= 4 is 23.4 Å². The standard InChI is InChI=1S/C29H40F3N5O3/c1-7-12-34-23-11-10-21(29(30,31)32)14-22(23)26(39)35-17-25(38)36-24(27(40)37-28(4,5)6)16-33-15-20-9-8-18(2)13-19(20)3/h8-11,13-14,24,33-34H,7,12,15-17H2,1-6H3,(H,35,39)(H,36,38)(H,37,40). The summed E-state index contributed by atoms with van der Waals surface area (Å²) in [5.74, 6) is -1.92. The van der Waals surface area contributed by atoms with Crippen molar-refractivity contribution in [3.63, 3.8) is 0 Å². The third-order valence-corrected chi connectivity index (χ3v) is 5.88. The van der Waals surface area contributed by atoms with Gasteiger partial charge in [0.1, 0.15) is 6.04 Å². The molecule has 0 saturated heterocycles. The summed E-state index contributed by atoms with van der Waals surface area (Å²) >= 11 is 0. The molecule has 2 aromatic carbocycles. The van der Waals surface area contributed by atoms with Crippen molar-refractivity contribution in [1.29, 1.82) is 0 Å². The Labute approximate surface area is 233 Å². The van der Waals surface area contributed by atoms with Crippen LogP contribution in [0, 0.1) is 13.8 Å². The first-order chi connectivity index (χ1) is 18.6. The van der Waals surface area contributed by atoms with Gasteiger partial charge >= 0.3 is 6.18 Å². The average molecular weight is 564 g/mol. The lowest BCUT2D eigenvalue weighted by Crippen LogP contribution is -2.56. The van der Waals surface area contributed by atoms with Crippen LogP contribution in [0.5, 0.6) is 0 Å². The number of anilines is 1. The summed E-state index contributed by atoms with van der Waals surface area (Å²) in [5.41, 5.74) is 1.76. The smallest absolute Gasteiger partial charge is 0.384 e. The molecule has 8 nitrogen and oxygen atoms in total. The molecule has 3 amide bonds. The van der Waals surface area contributed by atoms with Gasteiger partial charge in [-0.3, -0.25) is 14.4 Å². The Balaban J connectivity index is 2.09. The van der Waals surface area contributed by atoms with Gasteiger partial charge in [0.25, 0.3) is 5.91 Å². The van der Waals surface area contributed by atoms with Crippen LogP contribution >= 0.6 is 0 Å². The number of nitrogens with one attached hydrogen (secondary N) is 5. The summed E-state index contributed by atoms with van der Waals surface area (Å²) in [4.78, 5) is 38.5. The molecule has 5 N–H and O–H groups in total.